The average Bonchev–Trinajstić information content (AvgIpc) is 2.94. The predicted octanol–water partition coefficient (Wildman–Crippen LogP) is 4.22. The largest absolute Gasteiger partial charge is 0.458 e. The fourth-order valence-corrected chi connectivity index (χ4v) is 4.42. The Morgan fingerprint density at radius 2 is 2.12 bits per heavy atom. The highest BCUT2D eigenvalue weighted by molar-refractivity contribution is 9.10. The molecule has 0 radical (unpaired) electrons. The number of carbonyl (C=O) groups excluding carboxylic acids is 2. The molecule has 2 aliphatic heterocycles. The molecular weight excluding hydrogens is 416 g/mol. The van der Waals surface area contributed by atoms with Crippen LogP contribution in [-0.4, -0.2) is 33.8 Å². The molecule has 2 atom stereocenters. The third kappa shape index (κ3) is 3.38. The molecule has 1 aromatic rings. The molecule has 0 bridgehead atoms. The summed E-state index contributed by atoms with van der Waals surface area (Å²) in [6.07, 6.45) is 2.23. The van der Waals surface area contributed by atoms with E-state index in [0.717, 1.165) is 10.0 Å². The fraction of sp³-hybridized carbons (Fsp3) is 0.316. The molecular formula is C19H19BrN2O3S. The monoisotopic (exact) mass is 434 g/mol. The van der Waals surface area contributed by atoms with E-state index in [4.69, 9.17) is 4.74 Å². The van der Waals surface area contributed by atoms with Crippen LogP contribution in [0.2, 0.25) is 0 Å². The van der Waals surface area contributed by atoms with E-state index in [1.807, 2.05) is 31.2 Å². The maximum absolute atomic E-state index is 12.9. The molecule has 0 saturated carbocycles. The molecule has 0 N–H and O–H groups in total. The molecule has 5 nitrogen and oxygen atoms in total. The van der Waals surface area contributed by atoms with Gasteiger partial charge >= 0.3 is 5.97 Å². The molecule has 0 spiro atoms. The minimum atomic E-state index is -0.538. The first-order valence-corrected chi connectivity index (χ1v) is 9.97. The first-order chi connectivity index (χ1) is 12.5. The van der Waals surface area contributed by atoms with Crippen LogP contribution >= 0.6 is 27.7 Å². The lowest BCUT2D eigenvalue weighted by molar-refractivity contribution is -0.139. The number of benzene rings is 1. The van der Waals surface area contributed by atoms with Gasteiger partial charge < -0.3 is 4.74 Å². The maximum atomic E-state index is 12.9. The number of aliphatic imine (C=N–C) groups is 1. The van der Waals surface area contributed by atoms with Gasteiger partial charge in [-0.1, -0.05) is 59.4 Å². The van der Waals surface area contributed by atoms with Crippen molar-refractivity contribution in [1.29, 1.82) is 0 Å². The summed E-state index contributed by atoms with van der Waals surface area (Å²) in [5.74, 6) is -0.499. The first-order valence-electron chi connectivity index (χ1n) is 8.30. The van der Waals surface area contributed by atoms with Gasteiger partial charge in [-0.25, -0.2) is 9.79 Å². The number of thioether (sulfide) groups is 1. The van der Waals surface area contributed by atoms with Gasteiger partial charge in [0.25, 0.3) is 0 Å². The minimum Gasteiger partial charge on any atom is -0.458 e. The van der Waals surface area contributed by atoms with E-state index >= 15 is 0 Å². The van der Waals surface area contributed by atoms with Crippen molar-refractivity contribution in [2.75, 3.05) is 6.61 Å². The van der Waals surface area contributed by atoms with Crippen LogP contribution in [0.5, 0.6) is 0 Å². The molecule has 0 unspecified atom stereocenters. The van der Waals surface area contributed by atoms with Crippen molar-refractivity contribution in [3.05, 3.63) is 58.2 Å². The molecule has 1 fully saturated rings. The quantitative estimate of drug-likeness (QED) is 0.514. The lowest BCUT2D eigenvalue weighted by Crippen LogP contribution is -2.40. The molecule has 1 saturated heterocycles. The normalized spacial score (nSPS) is 22.2. The van der Waals surface area contributed by atoms with Gasteiger partial charge in [0.15, 0.2) is 5.17 Å². The summed E-state index contributed by atoms with van der Waals surface area (Å²) in [6, 6.07) is 7.07. The smallest absolute Gasteiger partial charge is 0.338 e. The Morgan fingerprint density at radius 1 is 1.42 bits per heavy atom. The predicted molar refractivity (Wildman–Crippen MR) is 107 cm³/mol. The number of halogens is 1. The SMILES string of the molecule is C=CCOC(=O)C1=C(C)N=C2S[C@H](CC)C(=O)N2[C@@H]1c1ccc(Br)cc1. The van der Waals surface area contributed by atoms with Crippen molar-refractivity contribution >= 4 is 44.7 Å². The Morgan fingerprint density at radius 3 is 2.73 bits per heavy atom. The third-order valence-electron chi connectivity index (χ3n) is 4.26. The summed E-state index contributed by atoms with van der Waals surface area (Å²) in [5.41, 5.74) is 1.81. The number of fused-ring (bicyclic) bond motifs is 1. The highest BCUT2D eigenvalue weighted by Gasteiger charge is 2.47. The molecule has 1 amide bonds. The van der Waals surface area contributed by atoms with Crippen LogP contribution in [0.4, 0.5) is 0 Å². The van der Waals surface area contributed by atoms with E-state index in [0.29, 0.717) is 22.9 Å². The second-order valence-electron chi connectivity index (χ2n) is 5.96. The van der Waals surface area contributed by atoms with Crippen LogP contribution in [0.3, 0.4) is 0 Å². The Bertz CT molecular complexity index is 817. The molecule has 0 aromatic heterocycles. The van der Waals surface area contributed by atoms with Crippen LogP contribution in [0.15, 0.2) is 57.7 Å². The molecule has 0 aliphatic carbocycles. The number of rotatable bonds is 5. The van der Waals surface area contributed by atoms with Crippen molar-refractivity contribution in [2.24, 2.45) is 4.99 Å². The van der Waals surface area contributed by atoms with Crippen molar-refractivity contribution in [3.63, 3.8) is 0 Å². The highest BCUT2D eigenvalue weighted by Crippen LogP contribution is 2.44. The zero-order valence-corrected chi connectivity index (χ0v) is 17.0. The first kappa shape index (κ1) is 18.9. The van der Waals surface area contributed by atoms with Gasteiger partial charge in [-0.05, 0) is 31.0 Å². The molecule has 1 aromatic carbocycles. The summed E-state index contributed by atoms with van der Waals surface area (Å²) >= 11 is 4.88. The van der Waals surface area contributed by atoms with E-state index in [-0.39, 0.29) is 17.8 Å². The molecule has 7 heteroatoms. The summed E-state index contributed by atoms with van der Waals surface area (Å²) in [4.78, 5) is 31.8. The molecule has 136 valence electrons. The number of nitrogens with zero attached hydrogens (tertiary/aromatic N) is 2. The Labute approximate surface area is 165 Å². The van der Waals surface area contributed by atoms with E-state index in [1.54, 1.807) is 11.8 Å². The highest BCUT2D eigenvalue weighted by atomic mass is 79.9. The van der Waals surface area contributed by atoms with Gasteiger partial charge in [-0.2, -0.15) is 0 Å². The Hall–Kier alpha value is -1.86. The zero-order valence-electron chi connectivity index (χ0n) is 14.6. The van der Waals surface area contributed by atoms with Crippen molar-refractivity contribution < 1.29 is 14.3 Å². The minimum absolute atomic E-state index is 0.0225. The van der Waals surface area contributed by atoms with Gasteiger partial charge in [0.05, 0.1) is 22.6 Å². The molecule has 2 aliphatic rings. The number of ether oxygens (including phenoxy) is 1. The standard InChI is InChI=1S/C19H19BrN2O3S/c1-4-10-25-18(24)15-11(3)21-19-22(17(23)14(5-2)26-19)16(15)12-6-8-13(20)9-7-12/h4,6-9,14,16H,1,5,10H2,2-3H3/t14-,16-/m1/s1. The van der Waals surface area contributed by atoms with Crippen LogP contribution in [0.25, 0.3) is 0 Å². The Kier molecular flexibility index (Phi) is 5.67. The molecule has 26 heavy (non-hydrogen) atoms. The molecule has 2 heterocycles. The third-order valence-corrected chi connectivity index (χ3v) is 6.11. The Balaban J connectivity index is 2.10. The number of esters is 1. The van der Waals surface area contributed by atoms with Crippen LogP contribution in [0.1, 0.15) is 31.9 Å². The number of carbonyl (C=O) groups is 2. The van der Waals surface area contributed by atoms with Crippen molar-refractivity contribution in [1.82, 2.24) is 4.90 Å². The van der Waals surface area contributed by atoms with Gasteiger partial charge in [-0.3, -0.25) is 9.69 Å². The van der Waals surface area contributed by atoms with Gasteiger partial charge in [0, 0.05) is 4.47 Å². The molecule has 3 rings (SSSR count). The van der Waals surface area contributed by atoms with E-state index in [2.05, 4.69) is 27.5 Å². The van der Waals surface area contributed by atoms with Crippen LogP contribution in [0, 0.1) is 0 Å². The van der Waals surface area contributed by atoms with Crippen LogP contribution in [-0.2, 0) is 14.3 Å². The zero-order chi connectivity index (χ0) is 18.8. The van der Waals surface area contributed by atoms with Gasteiger partial charge in [-0.15, -0.1) is 0 Å². The average molecular weight is 435 g/mol. The maximum Gasteiger partial charge on any atom is 0.338 e. The number of hydrogen-bond donors (Lipinski definition) is 0. The second-order valence-corrected chi connectivity index (χ2v) is 8.04. The van der Waals surface area contributed by atoms with Gasteiger partial charge in [0.1, 0.15) is 6.61 Å². The number of allylic oxidation sites excluding steroid dienone is 1. The van der Waals surface area contributed by atoms with Crippen molar-refractivity contribution in [3.8, 4) is 0 Å². The summed E-state index contributed by atoms with van der Waals surface area (Å²) in [7, 11) is 0. The lowest BCUT2D eigenvalue weighted by atomic mass is 9.94. The number of amides is 1. The van der Waals surface area contributed by atoms with Gasteiger partial charge in [0.2, 0.25) is 5.91 Å². The van der Waals surface area contributed by atoms with E-state index < -0.39 is 12.0 Å². The number of amidine groups is 1. The van der Waals surface area contributed by atoms with E-state index in [9.17, 15) is 9.59 Å². The second kappa shape index (κ2) is 7.80. The lowest BCUT2D eigenvalue weighted by Gasteiger charge is -2.33. The topological polar surface area (TPSA) is 59.0 Å². The fourth-order valence-electron chi connectivity index (χ4n) is 3.02. The summed E-state index contributed by atoms with van der Waals surface area (Å²) in [5, 5.41) is 0.468. The van der Waals surface area contributed by atoms with Crippen LogP contribution < -0.4 is 0 Å². The number of hydrogen-bond acceptors (Lipinski definition) is 5. The summed E-state index contributed by atoms with van der Waals surface area (Å²) in [6.45, 7) is 7.44. The van der Waals surface area contributed by atoms with Crippen molar-refractivity contribution in [2.45, 2.75) is 31.6 Å². The van der Waals surface area contributed by atoms with E-state index in [1.165, 1.54) is 17.8 Å². The summed E-state index contributed by atoms with van der Waals surface area (Å²) < 4.78 is 6.20.